The summed E-state index contributed by atoms with van der Waals surface area (Å²) in [6.45, 7) is 8.22. The van der Waals surface area contributed by atoms with Crippen LogP contribution in [-0.2, 0) is 49.1 Å². The van der Waals surface area contributed by atoms with Gasteiger partial charge in [-0.3, -0.25) is 38.7 Å². The lowest BCUT2D eigenvalue weighted by Crippen LogP contribution is -2.50. The molecule has 4 aromatic heterocycles. The molecule has 2 saturated heterocycles. The number of anilines is 4. The van der Waals surface area contributed by atoms with Gasteiger partial charge in [-0.05, 0) is 112 Å². The zero-order valence-electron chi connectivity index (χ0n) is 46.9. The molecule has 5 aliphatic heterocycles. The predicted octanol–water partition coefficient (Wildman–Crippen LogP) is 2.56. The van der Waals surface area contributed by atoms with E-state index < -0.39 is 70.5 Å². The van der Waals surface area contributed by atoms with Crippen molar-refractivity contribution in [2.45, 2.75) is 109 Å². The highest BCUT2D eigenvalue weighted by Crippen LogP contribution is 2.41. The second-order valence-electron chi connectivity index (χ2n) is 21.1. The van der Waals surface area contributed by atoms with Gasteiger partial charge in [0.05, 0.1) is 35.1 Å². The third-order valence-electron chi connectivity index (χ3n) is 15.9. The fraction of sp³-hybridized carbons (Fsp3) is 0.404. The number of hydrogen-bond donors (Lipinski definition) is 10. The van der Waals surface area contributed by atoms with Gasteiger partial charge < -0.3 is 70.7 Å². The number of ether oxygens (including phenoxy) is 2. The number of likely N-dealkylation sites (tertiary alicyclic amines) is 2. The Morgan fingerprint density at radius 1 is 0.942 bits per heavy atom. The number of esters is 1. The molecule has 3 atom stereocenters. The number of carboxylic acids is 2. The Morgan fingerprint density at radius 2 is 1.67 bits per heavy atom. The molecule has 2 aromatic carbocycles. The van der Waals surface area contributed by atoms with E-state index in [9.17, 15) is 62.5 Å². The molecule has 454 valence electrons. The molecule has 11 rings (SSSR count). The van der Waals surface area contributed by atoms with Crippen molar-refractivity contribution in [2.75, 3.05) is 60.5 Å². The van der Waals surface area contributed by atoms with Crippen LogP contribution >= 0.6 is 0 Å². The lowest BCUT2D eigenvalue weighted by Gasteiger charge is -2.39. The van der Waals surface area contributed by atoms with E-state index in [1.54, 1.807) is 40.7 Å². The van der Waals surface area contributed by atoms with Crippen molar-refractivity contribution in [2.24, 2.45) is 0 Å². The van der Waals surface area contributed by atoms with Crippen LogP contribution in [0.15, 0.2) is 73.9 Å². The second-order valence-corrected chi connectivity index (χ2v) is 21.1. The number of nitrogen functional groups attached to an aromatic ring is 1. The summed E-state index contributed by atoms with van der Waals surface area (Å²) in [7, 11) is 0. The summed E-state index contributed by atoms with van der Waals surface area (Å²) >= 11 is 0. The number of halogens is 1. The van der Waals surface area contributed by atoms with Crippen LogP contribution in [0.4, 0.5) is 32.3 Å². The lowest BCUT2D eigenvalue weighted by atomic mass is 9.86. The molecule has 86 heavy (non-hydrogen) atoms. The van der Waals surface area contributed by atoms with Gasteiger partial charge in [-0.1, -0.05) is 20.3 Å². The van der Waals surface area contributed by atoms with Gasteiger partial charge in [-0.15, -0.1) is 0 Å². The number of rotatable bonds is 14. The molecule has 11 N–H and O–H groups in total. The SMILES string of the molecule is CCc1c2c(nc3ccc(OC(=O)N4CCC(N5CCCCC5)CC4)cc13)-c1cc3c(c(=O)n1C2)COC(=O)C3(O)CC.Nc1nc2c(c(=O)[nH]1)N(C=O)C(CNc1ccc(C(=O)NC(CCC(=O)O)C(=O)O)cc1)CN2.O=c1[nH]cc(F)c(=O)[nH]1. The van der Waals surface area contributed by atoms with Gasteiger partial charge in [0, 0.05) is 72.6 Å². The van der Waals surface area contributed by atoms with Gasteiger partial charge >= 0.3 is 29.7 Å². The number of nitrogens with zero attached hydrogens (tertiary/aromatic N) is 6. The van der Waals surface area contributed by atoms with Crippen molar-refractivity contribution in [1.29, 1.82) is 0 Å². The topological polar surface area (TPSA) is 400 Å². The number of aliphatic hydroxyl groups is 1. The molecule has 2 fully saturated rings. The number of pyridine rings is 2. The fourth-order valence-corrected chi connectivity index (χ4v) is 11.3. The number of fused-ring (bicyclic) bond motifs is 6. The monoisotopic (exact) mass is 1190 g/mol. The Kier molecular flexibility index (Phi) is 18.4. The van der Waals surface area contributed by atoms with Gasteiger partial charge in [-0.2, -0.15) is 9.37 Å². The van der Waals surface area contributed by atoms with E-state index >= 15 is 0 Å². The van der Waals surface area contributed by atoms with Crippen molar-refractivity contribution in [3.05, 3.63) is 130 Å². The molecule has 9 heterocycles. The Balaban J connectivity index is 0.000000183. The first-order valence-corrected chi connectivity index (χ1v) is 28.0. The molecule has 3 unspecified atom stereocenters. The van der Waals surface area contributed by atoms with Crippen LogP contribution in [0, 0.1) is 5.82 Å². The zero-order chi connectivity index (χ0) is 61.6. The Labute approximate surface area is 487 Å². The van der Waals surface area contributed by atoms with E-state index in [1.165, 1.54) is 49.4 Å². The van der Waals surface area contributed by atoms with Crippen molar-refractivity contribution in [3.8, 4) is 17.1 Å². The van der Waals surface area contributed by atoms with Crippen molar-refractivity contribution in [3.63, 3.8) is 0 Å². The highest BCUT2D eigenvalue weighted by atomic mass is 19.1. The first-order chi connectivity index (χ1) is 41.2. The van der Waals surface area contributed by atoms with Gasteiger partial charge in [0.2, 0.25) is 18.2 Å². The number of amides is 3. The maximum absolute atomic E-state index is 13.6. The molecule has 5 aliphatic rings. The van der Waals surface area contributed by atoms with E-state index in [1.807, 2.05) is 22.0 Å². The highest BCUT2D eigenvalue weighted by molar-refractivity contribution is 5.97. The normalized spacial score (nSPS) is 18.2. The van der Waals surface area contributed by atoms with Crippen LogP contribution in [0.5, 0.6) is 5.75 Å². The van der Waals surface area contributed by atoms with Crippen LogP contribution < -0.4 is 53.7 Å². The molecule has 0 spiro atoms. The van der Waals surface area contributed by atoms with Gasteiger partial charge in [0.1, 0.15) is 18.4 Å². The second kappa shape index (κ2) is 26.0. The largest absolute Gasteiger partial charge is 0.481 e. The molecule has 0 radical (unpaired) electrons. The maximum Gasteiger partial charge on any atom is 0.415 e. The summed E-state index contributed by atoms with van der Waals surface area (Å²) < 4.78 is 24.7. The summed E-state index contributed by atoms with van der Waals surface area (Å²) in [6.07, 6.45) is 6.87. The number of cyclic esters (lactones) is 1. The number of aryl methyl sites for hydroxylation is 1. The number of piperidine rings is 2. The number of carbonyl (C=O) groups is 6. The number of hydrogen-bond acceptors (Lipinski definition) is 19. The van der Waals surface area contributed by atoms with Gasteiger partial charge in [0.25, 0.3) is 22.6 Å². The number of benzene rings is 2. The van der Waals surface area contributed by atoms with Crippen LogP contribution in [0.2, 0.25) is 0 Å². The minimum atomic E-state index is -1.86. The van der Waals surface area contributed by atoms with E-state index in [0.29, 0.717) is 85.2 Å². The fourth-order valence-electron chi connectivity index (χ4n) is 11.3. The third kappa shape index (κ3) is 13.0. The van der Waals surface area contributed by atoms with Crippen molar-refractivity contribution >= 4 is 70.4 Å². The van der Waals surface area contributed by atoms with Crippen molar-refractivity contribution < 1.29 is 58.0 Å². The van der Waals surface area contributed by atoms with Crippen LogP contribution in [0.25, 0.3) is 22.3 Å². The number of nitrogens with two attached hydrogens (primary N) is 1. The molecular formula is C57H64FN13O15. The molecule has 28 nitrogen and oxygen atoms in total. The van der Waals surface area contributed by atoms with E-state index in [4.69, 9.17) is 25.3 Å². The minimum Gasteiger partial charge on any atom is -0.481 e. The number of nitrogens with one attached hydrogen (secondary N) is 6. The average Bonchev–Trinajstić information content (AvgIpc) is 1.87. The van der Waals surface area contributed by atoms with Crippen LogP contribution in [0.3, 0.4) is 0 Å². The first kappa shape index (κ1) is 60.8. The Morgan fingerprint density at radius 3 is 2.33 bits per heavy atom. The quantitative estimate of drug-likeness (QED) is 0.0552. The van der Waals surface area contributed by atoms with E-state index in [-0.39, 0.29) is 60.7 Å². The Bertz CT molecular complexity index is 3850. The maximum atomic E-state index is 13.6. The van der Waals surface area contributed by atoms with E-state index in [2.05, 4.69) is 37.7 Å². The number of carboxylic acid groups (broad SMARTS) is 2. The smallest absolute Gasteiger partial charge is 0.415 e. The minimum absolute atomic E-state index is 0.0603. The number of carbonyl (C=O) groups excluding carboxylic acids is 4. The predicted molar refractivity (Wildman–Crippen MR) is 308 cm³/mol. The first-order valence-electron chi connectivity index (χ1n) is 28.0. The highest BCUT2D eigenvalue weighted by Gasteiger charge is 2.46. The van der Waals surface area contributed by atoms with Gasteiger partial charge in [-0.25, -0.2) is 24.2 Å². The summed E-state index contributed by atoms with van der Waals surface area (Å²) in [4.78, 5) is 138. The average molecular weight is 1190 g/mol. The molecule has 6 aromatic rings. The van der Waals surface area contributed by atoms with Crippen LogP contribution in [0.1, 0.15) is 97.8 Å². The standard InChI is InChI=1S/C33H38N4O6.C20H23N7O7.C4H3FN2O2/c1-3-22-23-16-21(43-32(40)36-14-10-20(11-15-36)35-12-6-5-7-13-35)8-9-27(23)34-29-24(22)18-37-28(29)17-26-25(30(37)38)19-42-31(39)33(26,41)4-2;21-20-25-16-15(18(32)26-20)27(9-28)12(8-23-16)7-22-11-3-1-10(2-4-11)17(31)24-13(19(33)34)5-6-14(29)30;5-2-1-6-4(9)7-3(2)8/h8-9,16-17,20,41H,3-7,10-15,18-19H2,1-2H3;1-4,9,12-13,22H,5-8H2,(H,24,31)(H,29,30)(H,33,34)(H4,21,23,25,26,32);1H,(H2,6,7,8,9). The molecular weight excluding hydrogens is 1130 g/mol. The number of aliphatic carboxylic acids is 2. The molecule has 0 aliphatic carbocycles. The summed E-state index contributed by atoms with van der Waals surface area (Å²) in [6, 6.07) is 12.1. The molecule has 3 amide bonds. The molecule has 29 heteroatoms. The lowest BCUT2D eigenvalue weighted by molar-refractivity contribution is -0.172. The summed E-state index contributed by atoms with van der Waals surface area (Å²) in [5, 5.41) is 38.3. The Hall–Kier alpha value is -9.77. The van der Waals surface area contributed by atoms with Crippen LogP contribution in [-0.4, -0.2) is 148 Å². The molecule has 0 bridgehead atoms. The van der Waals surface area contributed by atoms with Crippen molar-refractivity contribution in [1.82, 2.24) is 44.6 Å². The van der Waals surface area contributed by atoms with E-state index in [0.717, 1.165) is 34.9 Å². The summed E-state index contributed by atoms with van der Waals surface area (Å²) in [5.41, 5.74) is 6.51. The number of aromatic nitrogens is 6. The summed E-state index contributed by atoms with van der Waals surface area (Å²) in [5.74, 6) is -4.26. The number of aromatic amines is 3. The third-order valence-corrected chi connectivity index (χ3v) is 15.9. The van der Waals surface area contributed by atoms with Gasteiger partial charge in [0.15, 0.2) is 17.1 Å². The zero-order valence-corrected chi connectivity index (χ0v) is 46.9. The number of H-pyrrole nitrogens is 3. The molecule has 0 saturated carbocycles.